The highest BCUT2D eigenvalue weighted by molar-refractivity contribution is 6.47. The van der Waals surface area contributed by atoms with Crippen LogP contribution in [0.3, 0.4) is 0 Å². The topological polar surface area (TPSA) is 153 Å². The SMILES string of the molecule is CC[C@H](NC(=O)C1CC(C)(NC(=O)NC(=O)c2ccc(Cl)cc2)c2ncc(NCc3cccc(C(F)(F)F)c3)c(=O)n21)B1O[C@@H]2C[C@@H]3C[C@@H](C3(C)C)[C@]2(C)O1. The summed E-state index contributed by atoms with van der Waals surface area (Å²) in [6.07, 6.45) is -1.21. The largest absolute Gasteiger partial charge is 0.481 e. The molecule has 55 heavy (non-hydrogen) atoms. The van der Waals surface area contributed by atoms with Gasteiger partial charge in [0.2, 0.25) is 5.91 Å². The molecule has 2 unspecified atom stereocenters. The minimum absolute atomic E-state index is 0.0401. The predicted octanol–water partition coefficient (Wildman–Crippen LogP) is 5.99. The van der Waals surface area contributed by atoms with Crippen molar-refractivity contribution in [2.45, 2.75) is 102 Å². The summed E-state index contributed by atoms with van der Waals surface area (Å²) in [4.78, 5) is 59.1. The van der Waals surface area contributed by atoms with Crippen molar-refractivity contribution in [1.82, 2.24) is 25.5 Å². The van der Waals surface area contributed by atoms with Gasteiger partial charge >= 0.3 is 19.3 Å². The summed E-state index contributed by atoms with van der Waals surface area (Å²) < 4.78 is 54.4. The number of anilines is 1. The van der Waals surface area contributed by atoms with Gasteiger partial charge in [-0.15, -0.1) is 0 Å². The van der Waals surface area contributed by atoms with Gasteiger partial charge in [0.15, 0.2) is 0 Å². The fourth-order valence-corrected chi connectivity index (χ4v) is 9.13. The van der Waals surface area contributed by atoms with Crippen LogP contribution >= 0.6 is 11.6 Å². The second-order valence-electron chi connectivity index (χ2n) is 16.0. The fraction of sp³-hybridized carbons (Fsp3) is 0.500. The molecule has 1 saturated heterocycles. The molecule has 3 heterocycles. The van der Waals surface area contributed by atoms with Crippen LogP contribution in [0.15, 0.2) is 59.5 Å². The lowest BCUT2D eigenvalue weighted by Gasteiger charge is -2.64. The van der Waals surface area contributed by atoms with Crippen LogP contribution in [0.5, 0.6) is 0 Å². The third kappa shape index (κ3) is 7.01. The van der Waals surface area contributed by atoms with Gasteiger partial charge in [-0.25, -0.2) is 9.78 Å². The lowest BCUT2D eigenvalue weighted by atomic mass is 9.43. The zero-order valence-corrected chi connectivity index (χ0v) is 31.8. The molecule has 2 bridgehead atoms. The maximum Gasteiger partial charge on any atom is 0.481 e. The molecule has 4 N–H and O–H groups in total. The van der Waals surface area contributed by atoms with Crippen LogP contribution < -0.4 is 26.8 Å². The highest BCUT2D eigenvalue weighted by Gasteiger charge is 2.68. The van der Waals surface area contributed by atoms with E-state index >= 15 is 0 Å². The predicted molar refractivity (Wildman–Crippen MR) is 198 cm³/mol. The Bertz CT molecular complexity index is 2080. The Morgan fingerprint density at radius 3 is 2.49 bits per heavy atom. The summed E-state index contributed by atoms with van der Waals surface area (Å²) in [5.41, 5.74) is -2.97. The van der Waals surface area contributed by atoms with Gasteiger partial charge in [-0.3, -0.25) is 24.3 Å². The summed E-state index contributed by atoms with van der Waals surface area (Å²) >= 11 is 5.93. The minimum Gasteiger partial charge on any atom is -0.404 e. The molecule has 1 aromatic heterocycles. The molecular formula is C38H43BClF3N6O6. The lowest BCUT2D eigenvalue weighted by molar-refractivity contribution is -0.199. The van der Waals surface area contributed by atoms with Crippen LogP contribution in [0.4, 0.5) is 23.7 Å². The van der Waals surface area contributed by atoms with Gasteiger partial charge in [-0.05, 0) is 92.3 Å². The van der Waals surface area contributed by atoms with Crippen molar-refractivity contribution < 1.29 is 36.9 Å². The first-order valence-corrected chi connectivity index (χ1v) is 18.8. The van der Waals surface area contributed by atoms with Gasteiger partial charge in [0.1, 0.15) is 17.6 Å². The number of benzene rings is 2. The zero-order chi connectivity index (χ0) is 39.7. The van der Waals surface area contributed by atoms with Crippen LogP contribution in [0.25, 0.3) is 0 Å². The van der Waals surface area contributed by atoms with Crippen molar-refractivity contribution in [2.24, 2.45) is 17.3 Å². The quantitative estimate of drug-likeness (QED) is 0.193. The normalized spacial score (nSPS) is 28.0. The molecule has 0 spiro atoms. The number of amides is 4. The first-order chi connectivity index (χ1) is 25.8. The maximum atomic E-state index is 14.3. The van der Waals surface area contributed by atoms with Gasteiger partial charge in [-0.2, -0.15) is 13.2 Å². The van der Waals surface area contributed by atoms with Crippen LogP contribution in [0, 0.1) is 17.3 Å². The second-order valence-corrected chi connectivity index (χ2v) is 16.5. The van der Waals surface area contributed by atoms with E-state index in [4.69, 9.17) is 20.9 Å². The first kappa shape index (κ1) is 38.9. The monoisotopic (exact) mass is 782 g/mol. The first-order valence-electron chi connectivity index (χ1n) is 18.4. The number of aromatic nitrogens is 2. The summed E-state index contributed by atoms with van der Waals surface area (Å²) in [5, 5.41) is 11.3. The molecule has 2 aromatic carbocycles. The third-order valence-corrected chi connectivity index (χ3v) is 12.5. The number of urea groups is 1. The summed E-state index contributed by atoms with van der Waals surface area (Å²) in [7, 11) is -0.732. The molecule has 3 aromatic rings. The van der Waals surface area contributed by atoms with Crippen molar-refractivity contribution in [2.75, 3.05) is 5.32 Å². The number of nitrogens with zero attached hydrogens (tertiary/aromatic N) is 2. The number of carbonyl (C=O) groups excluding carboxylic acids is 3. The van der Waals surface area contributed by atoms with E-state index in [1.807, 2.05) is 6.92 Å². The van der Waals surface area contributed by atoms with E-state index in [1.165, 1.54) is 47.2 Å². The van der Waals surface area contributed by atoms with Gasteiger partial charge in [0, 0.05) is 23.6 Å². The van der Waals surface area contributed by atoms with Crippen molar-refractivity contribution in [3.8, 4) is 0 Å². The Hall–Kier alpha value is -4.41. The number of nitrogens with one attached hydrogen (secondary N) is 4. The molecule has 12 nitrogen and oxygen atoms in total. The van der Waals surface area contributed by atoms with Gasteiger partial charge in [-0.1, -0.05) is 44.5 Å². The number of alkyl halides is 3. The van der Waals surface area contributed by atoms with Crippen molar-refractivity contribution in [3.63, 3.8) is 0 Å². The molecule has 3 aliphatic carbocycles. The number of fused-ring (bicyclic) bond motifs is 1. The molecule has 3 saturated carbocycles. The van der Waals surface area contributed by atoms with Crippen molar-refractivity contribution >= 4 is 42.3 Å². The van der Waals surface area contributed by atoms with E-state index in [2.05, 4.69) is 47.0 Å². The molecule has 4 amide bonds. The third-order valence-electron chi connectivity index (χ3n) is 12.2. The van der Waals surface area contributed by atoms with E-state index in [9.17, 15) is 32.3 Å². The average Bonchev–Trinajstić information content (AvgIpc) is 3.64. The molecule has 4 fully saturated rings. The molecule has 292 valence electrons. The van der Waals surface area contributed by atoms with E-state index < -0.39 is 65.4 Å². The van der Waals surface area contributed by atoms with E-state index in [0.717, 1.165) is 25.0 Å². The smallest absolute Gasteiger partial charge is 0.404 e. The van der Waals surface area contributed by atoms with Crippen molar-refractivity contribution in [1.29, 1.82) is 0 Å². The molecular weight excluding hydrogens is 740 g/mol. The Kier molecular flexibility index (Phi) is 9.86. The van der Waals surface area contributed by atoms with E-state index in [0.29, 0.717) is 23.3 Å². The van der Waals surface area contributed by atoms with Crippen LogP contribution in [0.1, 0.15) is 93.7 Å². The van der Waals surface area contributed by atoms with E-state index in [1.54, 1.807) is 6.92 Å². The highest BCUT2D eigenvalue weighted by Crippen LogP contribution is 2.65. The molecule has 2 aliphatic heterocycles. The molecule has 7 atom stereocenters. The Balaban J connectivity index is 1.14. The minimum atomic E-state index is -4.55. The molecule has 17 heteroatoms. The average molecular weight is 783 g/mol. The lowest BCUT2D eigenvalue weighted by Crippen LogP contribution is -2.65. The summed E-state index contributed by atoms with van der Waals surface area (Å²) in [5.74, 6) is -0.959. The number of hydrogen-bond donors (Lipinski definition) is 4. The van der Waals surface area contributed by atoms with Gasteiger partial charge < -0.3 is 25.3 Å². The second kappa shape index (κ2) is 14.0. The summed E-state index contributed by atoms with van der Waals surface area (Å²) in [6, 6.07) is 8.51. The Morgan fingerprint density at radius 1 is 1.09 bits per heavy atom. The van der Waals surface area contributed by atoms with E-state index in [-0.39, 0.29) is 47.1 Å². The highest BCUT2D eigenvalue weighted by atomic mass is 35.5. The Labute approximate surface area is 321 Å². The van der Waals surface area contributed by atoms with Gasteiger partial charge in [0.25, 0.3) is 11.5 Å². The number of imide groups is 1. The fourth-order valence-electron chi connectivity index (χ4n) is 9.00. The number of halogens is 4. The maximum absolute atomic E-state index is 14.3. The molecule has 5 aliphatic rings. The van der Waals surface area contributed by atoms with Crippen LogP contribution in [0.2, 0.25) is 5.02 Å². The number of hydrogen-bond acceptors (Lipinski definition) is 8. The van der Waals surface area contributed by atoms with Crippen molar-refractivity contribution in [3.05, 3.63) is 92.6 Å². The van der Waals surface area contributed by atoms with Crippen LogP contribution in [-0.2, 0) is 32.4 Å². The molecule has 0 radical (unpaired) electrons. The zero-order valence-electron chi connectivity index (χ0n) is 31.1. The van der Waals surface area contributed by atoms with Crippen LogP contribution in [-0.4, -0.2) is 52.2 Å². The van der Waals surface area contributed by atoms with Gasteiger partial charge in [0.05, 0.1) is 34.9 Å². The number of carbonyl (C=O) groups is 3. The molecule has 8 rings (SSSR count). The standard InChI is InChI=1S/C38H43BClF3N6O6/c1-6-29(39-54-28-16-23-15-27(35(23,2)3)37(28,5)55-39)46-31(51)26-17-36(4,48-34(53)47-30(50)21-10-12-24(40)13-11-21)33-45-19-25(32(52)49(26)33)44-18-20-8-7-9-22(14-20)38(41,42)43/h7-14,19,23,26-29,44H,6,15-18H2,1-5H3,(H,46,51)(H2,47,48,50,53)/t23-,26?,27-,28+,29-,36?,37-/m0/s1. The number of rotatable bonds is 9. The summed E-state index contributed by atoms with van der Waals surface area (Å²) in [6.45, 7) is 9.93. The Morgan fingerprint density at radius 2 is 1.82 bits per heavy atom.